The second-order valence-corrected chi connectivity index (χ2v) is 12.5. The molecule has 1 amide bonds. The van der Waals surface area contributed by atoms with Crippen molar-refractivity contribution in [3.8, 4) is 28.1 Å². The first-order valence-corrected chi connectivity index (χ1v) is 14.5. The van der Waals surface area contributed by atoms with Crippen LogP contribution in [-0.2, 0) is 5.54 Å². The maximum absolute atomic E-state index is 15.5. The molecular formula is C33H38FN5O4. The third kappa shape index (κ3) is 5.19. The van der Waals surface area contributed by atoms with Crippen molar-refractivity contribution in [2.75, 3.05) is 24.5 Å². The van der Waals surface area contributed by atoms with E-state index < -0.39 is 23.1 Å². The zero-order chi connectivity index (χ0) is 31.4. The van der Waals surface area contributed by atoms with E-state index >= 15 is 4.39 Å². The van der Waals surface area contributed by atoms with Gasteiger partial charge < -0.3 is 20.0 Å². The van der Waals surface area contributed by atoms with Crippen molar-refractivity contribution in [2.45, 2.75) is 66.0 Å². The summed E-state index contributed by atoms with van der Waals surface area (Å²) in [4.78, 5) is 38.6. The number of hydrogen-bond donors (Lipinski definition) is 2. The average Bonchev–Trinajstić information content (AvgIpc) is 2.92. The standard InChI is InChI=1S/C33H38FN5O4/c1-18(2)21-11-8-9-12-22(21)25-20(4)28(26-23(34)13-10-14-24(26)40)35-30-27(25)29(36-31(41)39(30)33(5,6)7)38-16-15-37(32(42)43)17-19(38)3/h8-14,18-19,40H,15-17H2,1-7H3,(H,42,43)/t19-/m0/s1. The van der Waals surface area contributed by atoms with E-state index in [0.29, 0.717) is 29.0 Å². The van der Waals surface area contributed by atoms with Crippen LogP contribution in [0, 0.1) is 12.7 Å². The molecule has 0 spiro atoms. The summed E-state index contributed by atoms with van der Waals surface area (Å²) in [7, 11) is 0. The van der Waals surface area contributed by atoms with E-state index in [2.05, 4.69) is 18.8 Å². The van der Waals surface area contributed by atoms with E-state index in [1.807, 2.05) is 63.8 Å². The molecule has 2 aromatic carbocycles. The minimum atomic E-state index is -0.995. The summed E-state index contributed by atoms with van der Waals surface area (Å²) in [6.45, 7) is 14.4. The van der Waals surface area contributed by atoms with Crippen LogP contribution in [0.3, 0.4) is 0 Å². The Morgan fingerprint density at radius 3 is 2.35 bits per heavy atom. The first-order valence-electron chi connectivity index (χ1n) is 14.5. The zero-order valence-electron chi connectivity index (χ0n) is 25.6. The minimum absolute atomic E-state index is 0.0418. The normalized spacial score (nSPS) is 15.9. The van der Waals surface area contributed by atoms with E-state index in [4.69, 9.17) is 4.98 Å². The summed E-state index contributed by atoms with van der Waals surface area (Å²) >= 11 is 0. The highest BCUT2D eigenvalue weighted by Crippen LogP contribution is 2.45. The van der Waals surface area contributed by atoms with Gasteiger partial charge in [0.25, 0.3) is 0 Å². The number of fused-ring (bicyclic) bond motifs is 1. The number of rotatable bonds is 4. The van der Waals surface area contributed by atoms with Gasteiger partial charge >= 0.3 is 11.8 Å². The van der Waals surface area contributed by atoms with Crippen molar-refractivity contribution in [2.24, 2.45) is 0 Å². The molecule has 9 nitrogen and oxygen atoms in total. The molecule has 1 saturated heterocycles. The highest BCUT2D eigenvalue weighted by Gasteiger charge is 2.34. The number of amides is 1. The number of aromatic nitrogens is 3. The van der Waals surface area contributed by atoms with Gasteiger partial charge in [0.15, 0.2) is 0 Å². The number of carboxylic acid groups (broad SMARTS) is 1. The first kappa shape index (κ1) is 30.0. The van der Waals surface area contributed by atoms with Crippen molar-refractivity contribution in [1.82, 2.24) is 19.4 Å². The number of piperazine rings is 1. The van der Waals surface area contributed by atoms with Crippen LogP contribution in [0.2, 0.25) is 0 Å². The average molecular weight is 588 g/mol. The third-order valence-corrected chi connectivity index (χ3v) is 8.17. The number of nitrogens with zero attached hydrogens (tertiary/aromatic N) is 5. The lowest BCUT2D eigenvalue weighted by Gasteiger charge is -2.40. The van der Waals surface area contributed by atoms with Crippen LogP contribution in [0.25, 0.3) is 33.4 Å². The molecule has 0 saturated carbocycles. The zero-order valence-corrected chi connectivity index (χ0v) is 25.6. The van der Waals surface area contributed by atoms with Gasteiger partial charge in [0.05, 0.1) is 16.6 Å². The fourth-order valence-corrected chi connectivity index (χ4v) is 6.14. The fraction of sp³-hybridized carbons (Fsp3) is 0.394. The Bertz CT molecular complexity index is 1770. The molecule has 2 N–H and O–H groups in total. The second kappa shape index (κ2) is 11.0. The van der Waals surface area contributed by atoms with E-state index in [1.165, 1.54) is 27.7 Å². The Hall–Kier alpha value is -4.47. The molecule has 1 fully saturated rings. The smallest absolute Gasteiger partial charge is 0.407 e. The van der Waals surface area contributed by atoms with E-state index in [0.717, 1.165) is 16.7 Å². The summed E-state index contributed by atoms with van der Waals surface area (Å²) < 4.78 is 17.0. The molecule has 4 aromatic rings. The van der Waals surface area contributed by atoms with Gasteiger partial charge in [0, 0.05) is 36.8 Å². The van der Waals surface area contributed by atoms with Gasteiger partial charge in [-0.15, -0.1) is 0 Å². The highest BCUT2D eigenvalue weighted by atomic mass is 19.1. The predicted octanol–water partition coefficient (Wildman–Crippen LogP) is 6.35. The van der Waals surface area contributed by atoms with Crippen LogP contribution >= 0.6 is 0 Å². The Morgan fingerprint density at radius 2 is 1.74 bits per heavy atom. The summed E-state index contributed by atoms with van der Waals surface area (Å²) in [5.74, 6) is -0.343. The maximum Gasteiger partial charge on any atom is 0.407 e. The van der Waals surface area contributed by atoms with Crippen molar-refractivity contribution in [1.29, 1.82) is 0 Å². The number of aromatic hydroxyl groups is 1. The molecular weight excluding hydrogens is 549 g/mol. The Kier molecular flexibility index (Phi) is 7.66. The van der Waals surface area contributed by atoms with Gasteiger partial charge in [-0.05, 0) is 69.4 Å². The minimum Gasteiger partial charge on any atom is -0.507 e. The second-order valence-electron chi connectivity index (χ2n) is 12.5. The van der Waals surface area contributed by atoms with E-state index in [1.54, 1.807) is 0 Å². The number of phenols is 1. The number of carbonyl (C=O) groups is 1. The van der Waals surface area contributed by atoms with E-state index in [-0.39, 0.29) is 42.1 Å². The monoisotopic (exact) mass is 587 g/mol. The van der Waals surface area contributed by atoms with Crippen LogP contribution in [0.15, 0.2) is 47.3 Å². The fourth-order valence-electron chi connectivity index (χ4n) is 6.14. The van der Waals surface area contributed by atoms with Gasteiger partial charge in [-0.1, -0.05) is 44.2 Å². The Labute approximate surface area is 250 Å². The van der Waals surface area contributed by atoms with Crippen molar-refractivity contribution >= 4 is 22.9 Å². The van der Waals surface area contributed by atoms with Crippen molar-refractivity contribution in [3.63, 3.8) is 0 Å². The quantitative estimate of drug-likeness (QED) is 0.286. The molecule has 5 rings (SSSR count). The maximum atomic E-state index is 15.5. The molecule has 0 unspecified atom stereocenters. The number of halogens is 1. The number of anilines is 1. The molecule has 226 valence electrons. The van der Waals surface area contributed by atoms with Crippen LogP contribution in [-0.4, -0.2) is 61.4 Å². The van der Waals surface area contributed by atoms with Crippen LogP contribution in [0.5, 0.6) is 5.75 Å². The van der Waals surface area contributed by atoms with Gasteiger partial charge in [-0.3, -0.25) is 4.57 Å². The lowest BCUT2D eigenvalue weighted by Crippen LogP contribution is -2.54. The summed E-state index contributed by atoms with van der Waals surface area (Å²) in [6.07, 6.45) is -0.995. The van der Waals surface area contributed by atoms with Gasteiger partial charge in [0.2, 0.25) is 0 Å². The molecule has 0 bridgehead atoms. The first-order chi connectivity index (χ1) is 20.2. The summed E-state index contributed by atoms with van der Waals surface area (Å²) in [5, 5.41) is 21.1. The predicted molar refractivity (Wildman–Crippen MR) is 167 cm³/mol. The third-order valence-electron chi connectivity index (χ3n) is 8.17. The molecule has 0 aliphatic carbocycles. The Balaban J connectivity index is 2.00. The van der Waals surface area contributed by atoms with E-state index in [9.17, 15) is 19.8 Å². The lowest BCUT2D eigenvalue weighted by molar-refractivity contribution is 0.136. The van der Waals surface area contributed by atoms with Crippen molar-refractivity contribution < 1.29 is 19.4 Å². The largest absolute Gasteiger partial charge is 0.507 e. The van der Waals surface area contributed by atoms with Crippen molar-refractivity contribution in [3.05, 3.63) is 69.9 Å². The lowest BCUT2D eigenvalue weighted by atomic mass is 9.87. The van der Waals surface area contributed by atoms with Crippen LogP contribution in [0.1, 0.15) is 58.6 Å². The summed E-state index contributed by atoms with van der Waals surface area (Å²) in [5.41, 5.74) is 2.52. The highest BCUT2D eigenvalue weighted by molar-refractivity contribution is 6.05. The molecule has 1 aliphatic heterocycles. The molecule has 43 heavy (non-hydrogen) atoms. The SMILES string of the molecule is Cc1c(-c2c(O)cccc2F)nc2c(c(N3CCN(C(=O)O)C[C@@H]3C)nc(=O)n2C(C)(C)C)c1-c1ccccc1C(C)C. The molecule has 1 atom stereocenters. The summed E-state index contributed by atoms with van der Waals surface area (Å²) in [6, 6.07) is 11.8. The number of pyridine rings is 1. The van der Waals surface area contributed by atoms with Crippen LogP contribution < -0.4 is 10.6 Å². The molecule has 0 radical (unpaired) electrons. The Morgan fingerprint density at radius 1 is 1.05 bits per heavy atom. The van der Waals surface area contributed by atoms with Gasteiger partial charge in [-0.2, -0.15) is 4.98 Å². The number of phenolic OH excluding ortho intramolecular Hbond substituents is 1. The van der Waals surface area contributed by atoms with Crippen LogP contribution in [0.4, 0.5) is 15.0 Å². The van der Waals surface area contributed by atoms with Gasteiger partial charge in [-0.25, -0.2) is 19.0 Å². The topological polar surface area (TPSA) is 112 Å². The molecule has 3 heterocycles. The number of hydrogen-bond acceptors (Lipinski definition) is 6. The van der Waals surface area contributed by atoms with Gasteiger partial charge in [0.1, 0.15) is 23.0 Å². The molecule has 10 heteroatoms. The number of benzene rings is 2. The molecule has 2 aromatic heterocycles. The molecule has 1 aliphatic rings.